The predicted octanol–water partition coefficient (Wildman–Crippen LogP) is 3.20. The number of aromatic nitrogens is 3. The minimum absolute atomic E-state index is 0.204. The topological polar surface area (TPSA) is 73.8 Å². The number of nitrogens with zero attached hydrogens (tertiary/aromatic N) is 3. The fraction of sp³-hybridized carbons (Fsp3) is 0.235. The van der Waals surface area contributed by atoms with Gasteiger partial charge < -0.3 is 5.73 Å². The van der Waals surface area contributed by atoms with Crippen molar-refractivity contribution in [1.82, 2.24) is 14.5 Å². The van der Waals surface area contributed by atoms with Gasteiger partial charge in [-0.3, -0.25) is 0 Å². The van der Waals surface area contributed by atoms with Crippen LogP contribution in [0.4, 0.5) is 5.82 Å². The Balaban J connectivity index is 2.10. The molecule has 1 saturated carbocycles. The molecule has 5 nitrogen and oxygen atoms in total. The third-order valence-corrected chi connectivity index (χ3v) is 4.68. The molecular weight excluding hydrogens is 312 g/mol. The van der Waals surface area contributed by atoms with E-state index in [0.717, 1.165) is 24.1 Å². The monoisotopic (exact) mass is 326 g/mol. The highest BCUT2D eigenvalue weighted by molar-refractivity contribution is 6.31. The van der Waals surface area contributed by atoms with Gasteiger partial charge in [-0.1, -0.05) is 17.7 Å². The van der Waals surface area contributed by atoms with Crippen LogP contribution < -0.4 is 11.4 Å². The molecule has 0 spiro atoms. The summed E-state index contributed by atoms with van der Waals surface area (Å²) >= 11 is 6.21. The zero-order valence-electron chi connectivity index (χ0n) is 12.6. The van der Waals surface area contributed by atoms with Gasteiger partial charge in [0, 0.05) is 16.6 Å². The maximum atomic E-state index is 12.5. The number of rotatable bonds is 2. The molecule has 0 unspecified atom stereocenters. The Morgan fingerprint density at radius 1 is 1.22 bits per heavy atom. The van der Waals surface area contributed by atoms with Crippen LogP contribution in [0.15, 0.2) is 35.1 Å². The lowest BCUT2D eigenvalue weighted by atomic mass is 10.2. The fourth-order valence-electron chi connectivity index (χ4n) is 2.80. The SMILES string of the molecule is Cc1c(Cl)cccc1-n1c(=O)nc(N)c2ccc(C3CC3)nc21. The summed E-state index contributed by atoms with van der Waals surface area (Å²) in [6.07, 6.45) is 2.28. The quantitative estimate of drug-likeness (QED) is 0.784. The lowest BCUT2D eigenvalue weighted by molar-refractivity contribution is 0.920. The number of hydrogen-bond acceptors (Lipinski definition) is 4. The first kappa shape index (κ1) is 14.2. The number of fused-ring (bicyclic) bond motifs is 1. The largest absolute Gasteiger partial charge is 0.383 e. The molecule has 0 atom stereocenters. The molecule has 2 N–H and O–H groups in total. The van der Waals surface area contributed by atoms with Crippen LogP contribution in [-0.2, 0) is 0 Å². The lowest BCUT2D eigenvalue weighted by Crippen LogP contribution is -2.24. The zero-order chi connectivity index (χ0) is 16.1. The highest BCUT2D eigenvalue weighted by atomic mass is 35.5. The molecule has 0 aliphatic heterocycles. The molecule has 2 aromatic heterocycles. The Bertz CT molecular complexity index is 992. The Labute approximate surface area is 137 Å². The standard InChI is InChI=1S/C17H15ClN4O/c1-9-12(18)3-2-4-14(9)22-16-11(15(19)21-17(22)23)7-8-13(20-16)10-5-6-10/h2-4,7-8,10H,5-6H2,1H3,(H2,19,21,23). The van der Waals surface area contributed by atoms with Crippen LogP contribution in [0.25, 0.3) is 16.7 Å². The molecule has 23 heavy (non-hydrogen) atoms. The van der Waals surface area contributed by atoms with Gasteiger partial charge >= 0.3 is 5.69 Å². The number of nitrogen functional groups attached to an aromatic ring is 1. The summed E-state index contributed by atoms with van der Waals surface area (Å²) < 4.78 is 1.50. The van der Waals surface area contributed by atoms with Crippen LogP contribution >= 0.6 is 11.6 Å². The molecule has 0 radical (unpaired) electrons. The third kappa shape index (κ3) is 2.28. The molecule has 4 rings (SSSR count). The first-order valence-corrected chi connectivity index (χ1v) is 7.88. The van der Waals surface area contributed by atoms with Crippen molar-refractivity contribution < 1.29 is 0 Å². The number of hydrogen-bond donors (Lipinski definition) is 1. The Hall–Kier alpha value is -2.40. The number of nitrogens with two attached hydrogens (primary N) is 1. The van der Waals surface area contributed by atoms with Gasteiger partial charge in [0.25, 0.3) is 0 Å². The number of halogens is 1. The maximum absolute atomic E-state index is 12.5. The minimum Gasteiger partial charge on any atom is -0.383 e. The van der Waals surface area contributed by atoms with Crippen molar-refractivity contribution in [3.63, 3.8) is 0 Å². The van der Waals surface area contributed by atoms with Gasteiger partial charge in [0.1, 0.15) is 5.82 Å². The molecule has 3 aromatic rings. The average molecular weight is 327 g/mol. The first-order valence-electron chi connectivity index (χ1n) is 7.51. The van der Waals surface area contributed by atoms with Crippen molar-refractivity contribution in [2.24, 2.45) is 0 Å². The average Bonchev–Trinajstić information content (AvgIpc) is 3.35. The van der Waals surface area contributed by atoms with Gasteiger partial charge in [-0.05, 0) is 49.6 Å². The van der Waals surface area contributed by atoms with E-state index in [1.807, 2.05) is 31.2 Å². The molecule has 0 amide bonds. The van der Waals surface area contributed by atoms with Crippen LogP contribution in [0, 0.1) is 6.92 Å². The Morgan fingerprint density at radius 3 is 2.74 bits per heavy atom. The molecule has 6 heteroatoms. The minimum atomic E-state index is -0.444. The summed E-state index contributed by atoms with van der Waals surface area (Å²) in [6, 6.07) is 9.31. The number of anilines is 1. The van der Waals surface area contributed by atoms with Crippen molar-refractivity contribution in [3.8, 4) is 5.69 Å². The Morgan fingerprint density at radius 2 is 2.00 bits per heavy atom. The lowest BCUT2D eigenvalue weighted by Gasteiger charge is -2.14. The van der Waals surface area contributed by atoms with Gasteiger partial charge in [-0.25, -0.2) is 14.3 Å². The summed E-state index contributed by atoms with van der Waals surface area (Å²) in [7, 11) is 0. The predicted molar refractivity (Wildman–Crippen MR) is 91.3 cm³/mol. The molecule has 1 aliphatic rings. The van der Waals surface area contributed by atoms with Gasteiger partial charge in [0.2, 0.25) is 0 Å². The van der Waals surface area contributed by atoms with Crippen LogP contribution in [0.1, 0.15) is 30.0 Å². The van der Waals surface area contributed by atoms with Gasteiger partial charge in [0.05, 0.1) is 11.1 Å². The summed E-state index contributed by atoms with van der Waals surface area (Å²) in [4.78, 5) is 21.2. The summed E-state index contributed by atoms with van der Waals surface area (Å²) in [6.45, 7) is 1.87. The summed E-state index contributed by atoms with van der Waals surface area (Å²) in [5, 5.41) is 1.27. The second-order valence-electron chi connectivity index (χ2n) is 5.88. The van der Waals surface area contributed by atoms with Crippen LogP contribution in [0.5, 0.6) is 0 Å². The second-order valence-corrected chi connectivity index (χ2v) is 6.29. The van der Waals surface area contributed by atoms with Gasteiger partial charge in [0.15, 0.2) is 5.65 Å². The molecule has 1 aromatic carbocycles. The van der Waals surface area contributed by atoms with Crippen molar-refractivity contribution in [2.45, 2.75) is 25.7 Å². The number of pyridine rings is 1. The zero-order valence-corrected chi connectivity index (χ0v) is 13.3. The van der Waals surface area contributed by atoms with Crippen molar-refractivity contribution in [3.05, 3.63) is 57.1 Å². The number of benzene rings is 1. The summed E-state index contributed by atoms with van der Waals surface area (Å²) in [5.74, 6) is 0.688. The van der Waals surface area contributed by atoms with Crippen LogP contribution in [0.2, 0.25) is 5.02 Å². The van der Waals surface area contributed by atoms with Gasteiger partial charge in [-0.15, -0.1) is 0 Å². The van der Waals surface area contributed by atoms with E-state index >= 15 is 0 Å². The summed E-state index contributed by atoms with van der Waals surface area (Å²) in [5.41, 5.74) is 8.50. The second kappa shape index (κ2) is 5.06. The molecule has 1 aliphatic carbocycles. The van der Waals surface area contributed by atoms with E-state index < -0.39 is 5.69 Å². The first-order chi connectivity index (χ1) is 11.1. The van der Waals surface area contributed by atoms with Crippen molar-refractivity contribution in [1.29, 1.82) is 0 Å². The molecule has 0 saturated heterocycles. The molecular formula is C17H15ClN4O. The van der Waals surface area contributed by atoms with E-state index in [-0.39, 0.29) is 5.82 Å². The van der Waals surface area contributed by atoms with Crippen LogP contribution in [0.3, 0.4) is 0 Å². The smallest absolute Gasteiger partial charge is 0.355 e. The molecule has 2 heterocycles. The van der Waals surface area contributed by atoms with E-state index in [9.17, 15) is 4.79 Å². The maximum Gasteiger partial charge on any atom is 0.355 e. The highest BCUT2D eigenvalue weighted by Crippen LogP contribution is 2.39. The normalized spacial score (nSPS) is 14.3. The fourth-order valence-corrected chi connectivity index (χ4v) is 2.97. The van der Waals surface area contributed by atoms with Gasteiger partial charge in [-0.2, -0.15) is 4.98 Å². The molecule has 1 fully saturated rings. The van der Waals surface area contributed by atoms with E-state index in [4.69, 9.17) is 22.3 Å². The van der Waals surface area contributed by atoms with E-state index in [1.54, 1.807) is 6.07 Å². The van der Waals surface area contributed by atoms with Crippen molar-refractivity contribution >= 4 is 28.5 Å². The molecule has 0 bridgehead atoms. The van der Waals surface area contributed by atoms with E-state index in [0.29, 0.717) is 27.7 Å². The highest BCUT2D eigenvalue weighted by Gasteiger charge is 2.26. The van der Waals surface area contributed by atoms with E-state index in [1.165, 1.54) is 4.57 Å². The van der Waals surface area contributed by atoms with Crippen molar-refractivity contribution in [2.75, 3.05) is 5.73 Å². The molecule has 116 valence electrons. The Kier molecular flexibility index (Phi) is 3.13. The van der Waals surface area contributed by atoms with E-state index in [2.05, 4.69) is 4.98 Å². The van der Waals surface area contributed by atoms with Crippen LogP contribution in [-0.4, -0.2) is 14.5 Å². The third-order valence-electron chi connectivity index (χ3n) is 4.27.